The quantitative estimate of drug-likeness (QED) is 0.824. The number of rotatable bonds is 6. The SMILES string of the molecule is CCn1ccnc1C(CSc1cccc(F)c1)NC. The minimum Gasteiger partial charge on any atom is -0.334 e. The van der Waals surface area contributed by atoms with E-state index in [4.69, 9.17) is 0 Å². The molecule has 0 bridgehead atoms. The van der Waals surface area contributed by atoms with Crippen LogP contribution in [0.2, 0.25) is 0 Å². The lowest BCUT2D eigenvalue weighted by molar-refractivity contribution is 0.570. The maximum Gasteiger partial charge on any atom is 0.126 e. The lowest BCUT2D eigenvalue weighted by Crippen LogP contribution is -2.22. The molecule has 5 heteroatoms. The van der Waals surface area contributed by atoms with Gasteiger partial charge in [-0.05, 0) is 32.2 Å². The molecule has 0 saturated carbocycles. The Labute approximate surface area is 117 Å². The van der Waals surface area contributed by atoms with E-state index < -0.39 is 0 Å². The van der Waals surface area contributed by atoms with E-state index in [1.807, 2.05) is 25.5 Å². The van der Waals surface area contributed by atoms with Crippen molar-refractivity contribution in [2.45, 2.75) is 24.4 Å². The van der Waals surface area contributed by atoms with Crippen molar-refractivity contribution in [3.8, 4) is 0 Å². The molecule has 0 aliphatic rings. The molecule has 0 aliphatic heterocycles. The molecule has 0 aliphatic carbocycles. The van der Waals surface area contributed by atoms with Crippen LogP contribution in [0.25, 0.3) is 0 Å². The van der Waals surface area contributed by atoms with E-state index in [0.29, 0.717) is 0 Å². The molecule has 0 saturated heterocycles. The molecule has 1 N–H and O–H groups in total. The molecule has 1 aromatic carbocycles. The van der Waals surface area contributed by atoms with Gasteiger partial charge in [-0.15, -0.1) is 11.8 Å². The molecular formula is C14H18FN3S. The fraction of sp³-hybridized carbons (Fsp3) is 0.357. The summed E-state index contributed by atoms with van der Waals surface area (Å²) in [6.07, 6.45) is 3.79. The Bertz CT molecular complexity index is 527. The van der Waals surface area contributed by atoms with E-state index in [0.717, 1.165) is 23.0 Å². The first-order valence-electron chi connectivity index (χ1n) is 6.31. The largest absolute Gasteiger partial charge is 0.334 e. The van der Waals surface area contributed by atoms with Crippen molar-refractivity contribution in [3.63, 3.8) is 0 Å². The summed E-state index contributed by atoms with van der Waals surface area (Å²) in [7, 11) is 1.92. The molecule has 3 nitrogen and oxygen atoms in total. The standard InChI is InChI=1S/C14H18FN3S/c1-3-18-8-7-17-14(18)13(16-2)10-19-12-6-4-5-11(15)9-12/h4-9,13,16H,3,10H2,1-2H3. The van der Waals surface area contributed by atoms with Crippen molar-refractivity contribution in [2.24, 2.45) is 0 Å². The van der Waals surface area contributed by atoms with Crippen LogP contribution < -0.4 is 5.32 Å². The second kappa shape index (κ2) is 6.73. The Hall–Kier alpha value is -1.33. The van der Waals surface area contributed by atoms with Crippen molar-refractivity contribution in [3.05, 3.63) is 48.3 Å². The van der Waals surface area contributed by atoms with Gasteiger partial charge in [-0.25, -0.2) is 9.37 Å². The summed E-state index contributed by atoms with van der Waals surface area (Å²) in [6, 6.07) is 6.84. The summed E-state index contributed by atoms with van der Waals surface area (Å²) < 4.78 is 15.2. The van der Waals surface area contributed by atoms with Crippen molar-refractivity contribution < 1.29 is 4.39 Å². The zero-order valence-electron chi connectivity index (χ0n) is 11.1. The van der Waals surface area contributed by atoms with Gasteiger partial charge in [-0.2, -0.15) is 0 Å². The number of halogens is 1. The third-order valence-electron chi connectivity index (χ3n) is 2.96. The molecule has 1 aromatic heterocycles. The molecule has 0 spiro atoms. The number of benzene rings is 1. The fourth-order valence-electron chi connectivity index (χ4n) is 1.92. The Kier molecular flexibility index (Phi) is 4.99. The molecule has 102 valence electrons. The van der Waals surface area contributed by atoms with Gasteiger partial charge in [0.15, 0.2) is 0 Å². The van der Waals surface area contributed by atoms with Gasteiger partial charge < -0.3 is 9.88 Å². The van der Waals surface area contributed by atoms with E-state index in [9.17, 15) is 4.39 Å². The van der Waals surface area contributed by atoms with Crippen LogP contribution in [0.3, 0.4) is 0 Å². The third-order valence-corrected chi connectivity index (χ3v) is 4.05. The van der Waals surface area contributed by atoms with Gasteiger partial charge in [0.05, 0.1) is 6.04 Å². The predicted octanol–water partition coefficient (Wildman–Crippen LogP) is 3.09. The smallest absolute Gasteiger partial charge is 0.126 e. The van der Waals surface area contributed by atoms with Crippen LogP contribution >= 0.6 is 11.8 Å². The number of hydrogen-bond acceptors (Lipinski definition) is 3. The second-order valence-electron chi connectivity index (χ2n) is 4.18. The highest BCUT2D eigenvalue weighted by Gasteiger charge is 2.14. The van der Waals surface area contributed by atoms with Crippen LogP contribution in [0.5, 0.6) is 0 Å². The maximum absolute atomic E-state index is 13.1. The predicted molar refractivity (Wildman–Crippen MR) is 76.8 cm³/mol. The van der Waals surface area contributed by atoms with Gasteiger partial charge in [-0.1, -0.05) is 6.07 Å². The molecular weight excluding hydrogens is 261 g/mol. The van der Waals surface area contributed by atoms with E-state index in [2.05, 4.69) is 21.8 Å². The Morgan fingerprint density at radius 2 is 2.32 bits per heavy atom. The lowest BCUT2D eigenvalue weighted by atomic mass is 10.3. The Morgan fingerprint density at radius 1 is 1.47 bits per heavy atom. The zero-order chi connectivity index (χ0) is 13.7. The van der Waals surface area contributed by atoms with Gasteiger partial charge in [0.25, 0.3) is 0 Å². The Balaban J connectivity index is 2.04. The molecule has 0 fully saturated rings. The molecule has 19 heavy (non-hydrogen) atoms. The van der Waals surface area contributed by atoms with Crippen molar-refractivity contribution >= 4 is 11.8 Å². The highest BCUT2D eigenvalue weighted by molar-refractivity contribution is 7.99. The average molecular weight is 279 g/mol. The zero-order valence-corrected chi connectivity index (χ0v) is 12.0. The number of imidazole rings is 1. The molecule has 0 amide bonds. The highest BCUT2D eigenvalue weighted by Crippen LogP contribution is 2.24. The first-order valence-corrected chi connectivity index (χ1v) is 7.29. The number of aryl methyl sites for hydroxylation is 1. The second-order valence-corrected chi connectivity index (χ2v) is 5.27. The van der Waals surface area contributed by atoms with E-state index in [-0.39, 0.29) is 11.9 Å². The van der Waals surface area contributed by atoms with Gasteiger partial charge in [-0.3, -0.25) is 0 Å². The molecule has 1 heterocycles. The van der Waals surface area contributed by atoms with Crippen LogP contribution in [-0.4, -0.2) is 22.4 Å². The van der Waals surface area contributed by atoms with Gasteiger partial charge >= 0.3 is 0 Å². The number of aromatic nitrogens is 2. The topological polar surface area (TPSA) is 29.9 Å². The number of hydrogen-bond donors (Lipinski definition) is 1. The first kappa shape index (κ1) is 14.1. The van der Waals surface area contributed by atoms with Crippen molar-refractivity contribution in [1.82, 2.24) is 14.9 Å². The van der Waals surface area contributed by atoms with Gasteiger partial charge in [0, 0.05) is 29.6 Å². The summed E-state index contributed by atoms with van der Waals surface area (Å²) in [4.78, 5) is 5.34. The average Bonchev–Trinajstić information content (AvgIpc) is 2.88. The minimum atomic E-state index is -0.193. The van der Waals surface area contributed by atoms with E-state index >= 15 is 0 Å². The van der Waals surface area contributed by atoms with E-state index in [1.54, 1.807) is 23.9 Å². The number of nitrogens with zero attached hydrogens (tertiary/aromatic N) is 2. The number of thioether (sulfide) groups is 1. The third kappa shape index (κ3) is 3.58. The van der Waals surface area contributed by atoms with Crippen molar-refractivity contribution in [1.29, 1.82) is 0 Å². The van der Waals surface area contributed by atoms with Crippen molar-refractivity contribution in [2.75, 3.05) is 12.8 Å². The molecule has 1 unspecified atom stereocenters. The Morgan fingerprint density at radius 3 is 3.00 bits per heavy atom. The van der Waals surface area contributed by atoms with Crippen LogP contribution in [0.1, 0.15) is 18.8 Å². The van der Waals surface area contributed by atoms with Gasteiger partial charge in [0.1, 0.15) is 11.6 Å². The minimum absolute atomic E-state index is 0.156. The van der Waals surface area contributed by atoms with Crippen LogP contribution in [0.15, 0.2) is 41.6 Å². The summed E-state index contributed by atoms with van der Waals surface area (Å²) in [5, 5.41) is 3.27. The summed E-state index contributed by atoms with van der Waals surface area (Å²) in [5.74, 6) is 1.65. The van der Waals surface area contributed by atoms with Crippen LogP contribution in [0.4, 0.5) is 4.39 Å². The molecule has 0 radical (unpaired) electrons. The fourth-order valence-corrected chi connectivity index (χ4v) is 2.97. The first-order chi connectivity index (χ1) is 9.24. The summed E-state index contributed by atoms with van der Waals surface area (Å²) in [5.41, 5.74) is 0. The van der Waals surface area contributed by atoms with Crippen LogP contribution in [-0.2, 0) is 6.54 Å². The normalized spacial score (nSPS) is 12.6. The number of nitrogens with one attached hydrogen (secondary N) is 1. The van der Waals surface area contributed by atoms with Gasteiger partial charge in [0.2, 0.25) is 0 Å². The molecule has 2 rings (SSSR count). The monoisotopic (exact) mass is 279 g/mol. The highest BCUT2D eigenvalue weighted by atomic mass is 32.2. The van der Waals surface area contributed by atoms with E-state index in [1.165, 1.54) is 6.07 Å². The summed E-state index contributed by atoms with van der Waals surface area (Å²) in [6.45, 7) is 3.00. The summed E-state index contributed by atoms with van der Waals surface area (Å²) >= 11 is 1.63. The maximum atomic E-state index is 13.1. The molecule has 2 aromatic rings. The van der Waals surface area contributed by atoms with Crippen LogP contribution in [0, 0.1) is 5.82 Å². The lowest BCUT2D eigenvalue weighted by Gasteiger charge is -2.16. The molecule has 1 atom stereocenters.